The number of aliphatic hydroxyl groups excluding tert-OH is 1. The molecule has 0 radical (unpaired) electrons. The van der Waals surface area contributed by atoms with Crippen molar-refractivity contribution in [3.8, 4) is 17.2 Å². The molecule has 9 nitrogen and oxygen atoms in total. The number of hydrogen-bond acceptors (Lipinski definition) is 7. The summed E-state index contributed by atoms with van der Waals surface area (Å²) in [5, 5.41) is 13.8. The van der Waals surface area contributed by atoms with Crippen LogP contribution in [0.25, 0.3) is 0 Å². The van der Waals surface area contributed by atoms with Gasteiger partial charge in [-0.1, -0.05) is 62.6 Å². The van der Waals surface area contributed by atoms with E-state index in [2.05, 4.69) is 12.2 Å². The standard InChI is InChI=1S/C41H56N2O7/c1-5-6-8-11-38(45)42-27-10-7-9-12-39(46)43-28-25-40(30-44,26-29-43)31-50-41(32-13-19-35(47-2)20-14-32,33-15-21-36(48-3)22-16-33)34-17-23-37(49-4)24-18-34/h13-24,44H,5-12,25-31H2,1-4H3,(H,42,45). The minimum absolute atomic E-state index is 0.0525. The highest BCUT2D eigenvalue weighted by molar-refractivity contribution is 5.76. The molecule has 2 N–H and O–H groups in total. The number of nitrogens with zero attached hydrogens (tertiary/aromatic N) is 1. The molecule has 4 rings (SSSR count). The summed E-state index contributed by atoms with van der Waals surface area (Å²) in [4.78, 5) is 27.0. The molecule has 1 fully saturated rings. The molecule has 272 valence electrons. The van der Waals surface area contributed by atoms with E-state index in [9.17, 15) is 14.7 Å². The van der Waals surface area contributed by atoms with Crippen molar-refractivity contribution < 1.29 is 33.6 Å². The van der Waals surface area contributed by atoms with E-state index in [4.69, 9.17) is 18.9 Å². The van der Waals surface area contributed by atoms with Crippen LogP contribution in [0.4, 0.5) is 0 Å². The zero-order valence-electron chi connectivity index (χ0n) is 30.4. The molecule has 50 heavy (non-hydrogen) atoms. The third kappa shape index (κ3) is 10.0. The number of benzene rings is 3. The van der Waals surface area contributed by atoms with Crippen molar-refractivity contribution in [3.63, 3.8) is 0 Å². The first-order valence-corrected chi connectivity index (χ1v) is 18.1. The lowest BCUT2D eigenvalue weighted by atomic mass is 9.77. The molecule has 1 aliphatic heterocycles. The van der Waals surface area contributed by atoms with Crippen LogP contribution in [0.2, 0.25) is 0 Å². The average Bonchev–Trinajstić information content (AvgIpc) is 3.17. The molecular formula is C41H56N2O7. The van der Waals surface area contributed by atoms with E-state index in [1.54, 1.807) is 21.3 Å². The molecule has 0 atom stereocenters. The zero-order chi connectivity index (χ0) is 35.8. The number of hydrogen-bond donors (Lipinski definition) is 2. The Kier molecular flexibility index (Phi) is 15.0. The molecule has 1 saturated heterocycles. The maximum absolute atomic E-state index is 13.1. The molecule has 3 aromatic carbocycles. The van der Waals surface area contributed by atoms with E-state index in [1.807, 2.05) is 77.7 Å². The van der Waals surface area contributed by atoms with Gasteiger partial charge in [0.2, 0.25) is 11.8 Å². The van der Waals surface area contributed by atoms with E-state index in [-0.39, 0.29) is 25.0 Å². The van der Waals surface area contributed by atoms with Gasteiger partial charge in [-0.05, 0) is 85.2 Å². The Balaban J connectivity index is 1.46. The SMILES string of the molecule is CCCCCC(=O)NCCCCCC(=O)N1CCC(CO)(COC(c2ccc(OC)cc2)(c2ccc(OC)cc2)c2ccc(OC)cc2)CC1. The summed E-state index contributed by atoms with van der Waals surface area (Å²) in [6.45, 7) is 4.15. The number of piperidine rings is 1. The molecule has 1 heterocycles. The van der Waals surface area contributed by atoms with Gasteiger partial charge >= 0.3 is 0 Å². The fourth-order valence-electron chi connectivity index (χ4n) is 6.65. The topological polar surface area (TPSA) is 107 Å². The lowest BCUT2D eigenvalue weighted by Crippen LogP contribution is -2.48. The Morgan fingerprint density at radius 2 is 1.20 bits per heavy atom. The number of likely N-dealkylation sites (tertiary alicyclic amines) is 1. The maximum atomic E-state index is 13.1. The van der Waals surface area contributed by atoms with Gasteiger partial charge in [0.15, 0.2) is 0 Å². The summed E-state index contributed by atoms with van der Waals surface area (Å²) in [7, 11) is 4.93. The van der Waals surface area contributed by atoms with E-state index < -0.39 is 11.0 Å². The predicted molar refractivity (Wildman–Crippen MR) is 196 cm³/mol. The highest BCUT2D eigenvalue weighted by Gasteiger charge is 2.43. The summed E-state index contributed by atoms with van der Waals surface area (Å²) >= 11 is 0. The van der Waals surface area contributed by atoms with Crippen LogP contribution in [-0.4, -0.2) is 76.0 Å². The normalized spacial score (nSPS) is 14.2. The molecule has 0 spiro atoms. The fraction of sp³-hybridized carbons (Fsp3) is 0.512. The highest BCUT2D eigenvalue weighted by Crippen LogP contribution is 2.44. The summed E-state index contributed by atoms with van der Waals surface area (Å²) in [6, 6.07) is 23.7. The molecule has 0 aliphatic carbocycles. The van der Waals surface area contributed by atoms with E-state index in [0.29, 0.717) is 45.3 Å². The van der Waals surface area contributed by atoms with Gasteiger partial charge in [0, 0.05) is 37.9 Å². The van der Waals surface area contributed by atoms with Crippen molar-refractivity contribution in [2.24, 2.45) is 5.41 Å². The lowest BCUT2D eigenvalue weighted by molar-refractivity contribution is -0.137. The summed E-state index contributed by atoms with van der Waals surface area (Å²) in [5.74, 6) is 2.47. The van der Waals surface area contributed by atoms with Gasteiger partial charge in [-0.2, -0.15) is 0 Å². The van der Waals surface area contributed by atoms with Gasteiger partial charge in [0.1, 0.15) is 22.8 Å². The Morgan fingerprint density at radius 3 is 1.64 bits per heavy atom. The third-order valence-electron chi connectivity index (χ3n) is 9.99. The second kappa shape index (κ2) is 19.3. The number of rotatable bonds is 20. The molecular weight excluding hydrogens is 632 g/mol. The molecule has 9 heteroatoms. The number of ether oxygens (including phenoxy) is 4. The Morgan fingerprint density at radius 1 is 0.720 bits per heavy atom. The molecule has 0 aromatic heterocycles. The molecule has 0 bridgehead atoms. The number of carbonyl (C=O) groups excluding carboxylic acids is 2. The second-order valence-electron chi connectivity index (χ2n) is 13.3. The number of aliphatic hydroxyl groups is 1. The monoisotopic (exact) mass is 688 g/mol. The minimum atomic E-state index is -1.03. The number of nitrogens with one attached hydrogen (secondary N) is 1. The van der Waals surface area contributed by atoms with Crippen molar-refractivity contribution in [1.82, 2.24) is 10.2 Å². The summed E-state index contributed by atoms with van der Waals surface area (Å²) in [5.41, 5.74) is 1.17. The van der Waals surface area contributed by atoms with Crippen LogP contribution in [0.15, 0.2) is 72.8 Å². The average molecular weight is 689 g/mol. The van der Waals surface area contributed by atoms with Crippen LogP contribution in [0, 0.1) is 5.41 Å². The molecule has 0 saturated carbocycles. The van der Waals surface area contributed by atoms with Gasteiger partial charge in [0.25, 0.3) is 0 Å². The minimum Gasteiger partial charge on any atom is -0.497 e. The fourth-order valence-corrected chi connectivity index (χ4v) is 6.65. The van der Waals surface area contributed by atoms with Crippen LogP contribution in [0.1, 0.15) is 87.8 Å². The maximum Gasteiger partial charge on any atom is 0.222 e. The van der Waals surface area contributed by atoms with E-state index in [1.165, 1.54) is 0 Å². The van der Waals surface area contributed by atoms with Gasteiger partial charge in [-0.25, -0.2) is 0 Å². The quantitative estimate of drug-likeness (QED) is 0.0985. The Labute approximate surface area is 298 Å². The van der Waals surface area contributed by atoms with Crippen molar-refractivity contribution in [2.45, 2.75) is 76.7 Å². The number of methoxy groups -OCH3 is 3. The molecule has 1 aliphatic rings. The van der Waals surface area contributed by atoms with E-state index in [0.717, 1.165) is 72.5 Å². The number of carbonyl (C=O) groups is 2. The van der Waals surface area contributed by atoms with Crippen molar-refractivity contribution in [2.75, 3.05) is 54.2 Å². The third-order valence-corrected chi connectivity index (χ3v) is 9.99. The summed E-state index contributed by atoms with van der Waals surface area (Å²) < 4.78 is 23.6. The van der Waals surface area contributed by atoms with Crippen LogP contribution >= 0.6 is 0 Å². The van der Waals surface area contributed by atoms with Crippen LogP contribution in [-0.2, 0) is 19.9 Å². The summed E-state index contributed by atoms with van der Waals surface area (Å²) in [6.07, 6.45) is 8.02. The lowest BCUT2D eigenvalue weighted by Gasteiger charge is -2.44. The van der Waals surface area contributed by atoms with Crippen LogP contribution < -0.4 is 19.5 Å². The Bertz CT molecular complexity index is 1330. The van der Waals surface area contributed by atoms with Crippen molar-refractivity contribution >= 4 is 11.8 Å². The first-order valence-electron chi connectivity index (χ1n) is 18.1. The predicted octanol–water partition coefficient (Wildman–Crippen LogP) is 6.88. The van der Waals surface area contributed by atoms with Gasteiger partial charge in [0.05, 0.1) is 34.5 Å². The largest absolute Gasteiger partial charge is 0.497 e. The molecule has 2 amide bonds. The highest BCUT2D eigenvalue weighted by atomic mass is 16.5. The number of unbranched alkanes of at least 4 members (excludes halogenated alkanes) is 4. The first-order chi connectivity index (χ1) is 24.3. The van der Waals surface area contributed by atoms with Gasteiger partial charge < -0.3 is 34.3 Å². The first kappa shape index (κ1) is 38.7. The zero-order valence-corrected chi connectivity index (χ0v) is 30.4. The second-order valence-corrected chi connectivity index (χ2v) is 13.3. The molecule has 3 aromatic rings. The van der Waals surface area contributed by atoms with Gasteiger partial charge in [-0.15, -0.1) is 0 Å². The van der Waals surface area contributed by atoms with Crippen molar-refractivity contribution in [1.29, 1.82) is 0 Å². The van der Waals surface area contributed by atoms with Crippen LogP contribution in [0.3, 0.4) is 0 Å². The Hall–Kier alpha value is -4.08. The number of amides is 2. The van der Waals surface area contributed by atoms with Gasteiger partial charge in [-0.3, -0.25) is 9.59 Å². The van der Waals surface area contributed by atoms with Crippen LogP contribution in [0.5, 0.6) is 17.2 Å². The molecule has 0 unspecified atom stereocenters. The van der Waals surface area contributed by atoms with Crippen molar-refractivity contribution in [3.05, 3.63) is 89.5 Å². The smallest absolute Gasteiger partial charge is 0.222 e. The van der Waals surface area contributed by atoms with E-state index >= 15 is 0 Å².